The Hall–Kier alpha value is -1.56. The zero-order valence-corrected chi connectivity index (χ0v) is 16.6. The fourth-order valence-corrected chi connectivity index (χ4v) is 2.35. The summed E-state index contributed by atoms with van der Waals surface area (Å²) in [5.41, 5.74) is -2.63. The van der Waals surface area contributed by atoms with Gasteiger partial charge in [-0.1, -0.05) is 45.0 Å². The minimum atomic E-state index is -4.68. The number of hydrogen-bond donors (Lipinski definition) is 0. The van der Waals surface area contributed by atoms with Crippen molar-refractivity contribution >= 4 is 5.97 Å². The molecule has 0 bridgehead atoms. The van der Waals surface area contributed by atoms with Crippen molar-refractivity contribution in [3.8, 4) is 0 Å². The molecule has 0 amide bonds. The summed E-state index contributed by atoms with van der Waals surface area (Å²) >= 11 is 0. The van der Waals surface area contributed by atoms with Crippen molar-refractivity contribution in [1.82, 2.24) is 0 Å². The Morgan fingerprint density at radius 2 is 1.38 bits per heavy atom. The van der Waals surface area contributed by atoms with Crippen LogP contribution < -0.4 is 0 Å². The second-order valence-corrected chi connectivity index (χ2v) is 8.22. The number of halogens is 3. The van der Waals surface area contributed by atoms with Crippen molar-refractivity contribution in [1.29, 1.82) is 0 Å². The topological polar surface area (TPSA) is 35.5 Å². The van der Waals surface area contributed by atoms with E-state index in [1.165, 1.54) is 12.1 Å². The highest BCUT2D eigenvalue weighted by Gasteiger charge is 2.54. The summed E-state index contributed by atoms with van der Waals surface area (Å²) in [6.45, 7) is 11.2. The van der Waals surface area contributed by atoms with Gasteiger partial charge in [-0.05, 0) is 50.7 Å². The summed E-state index contributed by atoms with van der Waals surface area (Å²) in [6, 6.07) is 6.18. The SMILES string of the molecule is CCC(C)(C)c1ccc(C(C)(OCC(=O)OC(C)(C)C)C(F)(F)F)cc1. The molecule has 1 atom stereocenters. The Balaban J connectivity index is 3.08. The summed E-state index contributed by atoms with van der Waals surface area (Å²) in [5, 5.41) is 0. The highest BCUT2D eigenvalue weighted by Crippen LogP contribution is 2.42. The number of carbonyl (C=O) groups excluding carboxylic acids is 1. The molecule has 1 rings (SSSR count). The van der Waals surface area contributed by atoms with E-state index in [9.17, 15) is 18.0 Å². The van der Waals surface area contributed by atoms with Crippen LogP contribution in [0.3, 0.4) is 0 Å². The van der Waals surface area contributed by atoms with Gasteiger partial charge in [-0.15, -0.1) is 0 Å². The number of carbonyl (C=O) groups is 1. The van der Waals surface area contributed by atoms with Crippen molar-refractivity contribution in [2.24, 2.45) is 0 Å². The Kier molecular flexibility index (Phi) is 6.56. The first-order chi connectivity index (χ1) is 11.6. The zero-order chi connectivity index (χ0) is 20.4. The Labute approximate surface area is 153 Å². The number of rotatable bonds is 6. The molecule has 1 aromatic carbocycles. The van der Waals surface area contributed by atoms with E-state index in [0.717, 1.165) is 18.9 Å². The lowest BCUT2D eigenvalue weighted by molar-refractivity contribution is -0.278. The Bertz CT molecular complexity index is 613. The molecule has 1 aromatic rings. The van der Waals surface area contributed by atoms with Crippen LogP contribution in [0.25, 0.3) is 0 Å². The molecule has 6 heteroatoms. The van der Waals surface area contributed by atoms with Crippen LogP contribution in [0.4, 0.5) is 13.2 Å². The van der Waals surface area contributed by atoms with Gasteiger partial charge in [-0.3, -0.25) is 0 Å². The lowest BCUT2D eigenvalue weighted by Crippen LogP contribution is -2.44. The molecular weight excluding hydrogens is 345 g/mol. The molecule has 0 saturated heterocycles. The third kappa shape index (κ3) is 5.47. The summed E-state index contributed by atoms with van der Waals surface area (Å²) < 4.78 is 51.2. The lowest BCUT2D eigenvalue weighted by Gasteiger charge is -2.33. The van der Waals surface area contributed by atoms with Gasteiger partial charge in [0.2, 0.25) is 0 Å². The normalized spacial score (nSPS) is 15.5. The van der Waals surface area contributed by atoms with Gasteiger partial charge in [0.1, 0.15) is 12.2 Å². The quantitative estimate of drug-likeness (QED) is 0.616. The van der Waals surface area contributed by atoms with E-state index in [-0.39, 0.29) is 11.0 Å². The first-order valence-electron chi connectivity index (χ1n) is 8.66. The average molecular weight is 374 g/mol. The lowest BCUT2D eigenvalue weighted by atomic mass is 9.81. The summed E-state index contributed by atoms with van der Waals surface area (Å²) in [4.78, 5) is 11.8. The maximum Gasteiger partial charge on any atom is 0.421 e. The van der Waals surface area contributed by atoms with Crippen molar-refractivity contribution in [2.45, 2.75) is 77.7 Å². The fraction of sp³-hybridized carbons (Fsp3) is 0.650. The second kappa shape index (κ2) is 7.59. The molecule has 1 unspecified atom stereocenters. The molecule has 26 heavy (non-hydrogen) atoms. The van der Waals surface area contributed by atoms with Crippen molar-refractivity contribution < 1.29 is 27.4 Å². The van der Waals surface area contributed by atoms with Crippen molar-refractivity contribution in [3.05, 3.63) is 35.4 Å². The molecule has 0 N–H and O–H groups in total. The molecule has 0 aliphatic heterocycles. The van der Waals surface area contributed by atoms with Gasteiger partial charge in [-0.25, -0.2) is 4.79 Å². The molecule has 0 fully saturated rings. The second-order valence-electron chi connectivity index (χ2n) is 8.22. The van der Waals surface area contributed by atoms with Crippen LogP contribution in [-0.2, 0) is 25.3 Å². The molecular formula is C20H29F3O3. The molecule has 0 aliphatic rings. The minimum Gasteiger partial charge on any atom is -0.458 e. The van der Waals surface area contributed by atoms with E-state index < -0.39 is 30.0 Å². The molecule has 0 aromatic heterocycles. The van der Waals surface area contributed by atoms with Gasteiger partial charge in [0.15, 0.2) is 5.60 Å². The third-order valence-corrected chi connectivity index (χ3v) is 4.54. The number of esters is 1. The van der Waals surface area contributed by atoms with Gasteiger partial charge < -0.3 is 9.47 Å². The van der Waals surface area contributed by atoms with E-state index in [1.54, 1.807) is 32.9 Å². The van der Waals surface area contributed by atoms with E-state index >= 15 is 0 Å². The summed E-state index contributed by atoms with van der Waals surface area (Å²) in [5.74, 6) is -0.836. The van der Waals surface area contributed by atoms with Gasteiger partial charge in [-0.2, -0.15) is 13.2 Å². The van der Waals surface area contributed by atoms with E-state index in [0.29, 0.717) is 0 Å². The minimum absolute atomic E-state index is 0.0517. The van der Waals surface area contributed by atoms with Crippen LogP contribution >= 0.6 is 0 Å². The predicted molar refractivity (Wildman–Crippen MR) is 95.0 cm³/mol. The van der Waals surface area contributed by atoms with E-state index in [4.69, 9.17) is 9.47 Å². The van der Waals surface area contributed by atoms with E-state index in [2.05, 4.69) is 0 Å². The molecule has 148 valence electrons. The van der Waals surface area contributed by atoms with Crippen molar-refractivity contribution in [3.63, 3.8) is 0 Å². The van der Waals surface area contributed by atoms with Crippen molar-refractivity contribution in [2.75, 3.05) is 6.61 Å². The summed E-state index contributed by atoms with van der Waals surface area (Å²) in [7, 11) is 0. The molecule has 0 saturated carbocycles. The fourth-order valence-electron chi connectivity index (χ4n) is 2.35. The maximum atomic E-state index is 13.7. The van der Waals surface area contributed by atoms with Gasteiger partial charge in [0, 0.05) is 0 Å². The average Bonchev–Trinajstić information content (AvgIpc) is 2.50. The van der Waals surface area contributed by atoms with Crippen LogP contribution in [0, 0.1) is 0 Å². The standard InChI is InChI=1S/C20H29F3O3/c1-8-18(5,6)14-9-11-15(12-10-14)19(7,20(21,22)23)25-13-16(24)26-17(2,3)4/h9-12H,8,13H2,1-7H3. The highest BCUT2D eigenvalue weighted by molar-refractivity contribution is 5.71. The molecule has 0 aliphatic carbocycles. The number of benzene rings is 1. The van der Waals surface area contributed by atoms with Crippen LogP contribution in [-0.4, -0.2) is 24.4 Å². The Morgan fingerprint density at radius 3 is 1.77 bits per heavy atom. The molecule has 3 nitrogen and oxygen atoms in total. The number of alkyl halides is 3. The maximum absolute atomic E-state index is 13.7. The Morgan fingerprint density at radius 1 is 0.923 bits per heavy atom. The first-order valence-corrected chi connectivity index (χ1v) is 8.66. The molecule has 0 radical (unpaired) electrons. The highest BCUT2D eigenvalue weighted by atomic mass is 19.4. The zero-order valence-electron chi connectivity index (χ0n) is 16.6. The molecule has 0 spiro atoms. The monoisotopic (exact) mass is 374 g/mol. The first kappa shape index (κ1) is 22.5. The summed E-state index contributed by atoms with van der Waals surface area (Å²) in [6.07, 6.45) is -3.82. The smallest absolute Gasteiger partial charge is 0.421 e. The third-order valence-electron chi connectivity index (χ3n) is 4.54. The van der Waals surface area contributed by atoms with E-state index in [1.807, 2.05) is 20.8 Å². The van der Waals surface area contributed by atoms with Crippen LogP contribution in [0.5, 0.6) is 0 Å². The van der Waals surface area contributed by atoms with Crippen LogP contribution in [0.15, 0.2) is 24.3 Å². The van der Waals surface area contributed by atoms with Gasteiger partial charge in [0.05, 0.1) is 0 Å². The largest absolute Gasteiger partial charge is 0.458 e. The number of hydrogen-bond acceptors (Lipinski definition) is 3. The van der Waals surface area contributed by atoms with Gasteiger partial charge in [0.25, 0.3) is 0 Å². The van der Waals surface area contributed by atoms with Crippen LogP contribution in [0.2, 0.25) is 0 Å². The molecule has 0 heterocycles. The van der Waals surface area contributed by atoms with Gasteiger partial charge >= 0.3 is 12.1 Å². The number of ether oxygens (including phenoxy) is 2. The predicted octanol–water partition coefficient (Wildman–Crippen LogP) is 5.51. The van der Waals surface area contributed by atoms with Crippen LogP contribution in [0.1, 0.15) is 66.0 Å².